The summed E-state index contributed by atoms with van der Waals surface area (Å²) in [7, 11) is 3.22. The molecule has 108 valence electrons. The number of ether oxygens (including phenoxy) is 1. The Bertz CT molecular complexity index is 596. The third kappa shape index (κ3) is 2.99. The number of aryl methyl sites for hydroxylation is 2. The van der Waals surface area contributed by atoms with Crippen molar-refractivity contribution in [3.63, 3.8) is 0 Å². The van der Waals surface area contributed by atoms with Gasteiger partial charge in [0.05, 0.1) is 24.6 Å². The zero-order valence-corrected chi connectivity index (χ0v) is 11.9. The van der Waals surface area contributed by atoms with E-state index in [4.69, 9.17) is 4.74 Å². The molecule has 0 saturated carbocycles. The van der Waals surface area contributed by atoms with Crippen LogP contribution < -0.4 is 4.74 Å². The Morgan fingerprint density at radius 2 is 2.15 bits per heavy atom. The largest absolute Gasteiger partial charge is 0.494 e. The highest BCUT2D eigenvalue weighted by Gasteiger charge is 2.15. The molecule has 1 unspecified atom stereocenters. The molecule has 1 aromatic heterocycles. The summed E-state index contributed by atoms with van der Waals surface area (Å²) in [5.74, 6) is -0.214. The number of nitrogens with zero attached hydrogens (tertiary/aromatic N) is 2. The van der Waals surface area contributed by atoms with E-state index in [-0.39, 0.29) is 5.75 Å². The second-order valence-corrected chi connectivity index (χ2v) is 4.73. The molecule has 4 nitrogen and oxygen atoms in total. The zero-order chi connectivity index (χ0) is 14.7. The number of hydrogen-bond donors (Lipinski definition) is 1. The van der Waals surface area contributed by atoms with E-state index < -0.39 is 11.9 Å². The van der Waals surface area contributed by atoms with Crippen molar-refractivity contribution >= 4 is 0 Å². The fourth-order valence-corrected chi connectivity index (χ4v) is 2.19. The maximum atomic E-state index is 13.6. The van der Waals surface area contributed by atoms with E-state index >= 15 is 0 Å². The first kappa shape index (κ1) is 14.5. The van der Waals surface area contributed by atoms with Crippen LogP contribution in [0.2, 0.25) is 0 Å². The van der Waals surface area contributed by atoms with Crippen LogP contribution in [0.4, 0.5) is 4.39 Å². The van der Waals surface area contributed by atoms with Crippen molar-refractivity contribution in [3.05, 3.63) is 47.0 Å². The van der Waals surface area contributed by atoms with Crippen LogP contribution in [0.25, 0.3) is 0 Å². The molecule has 0 radical (unpaired) electrons. The number of aliphatic hydroxyl groups is 1. The van der Waals surface area contributed by atoms with Gasteiger partial charge in [-0.25, -0.2) is 4.39 Å². The molecule has 0 amide bonds. The molecule has 0 aliphatic rings. The molecule has 0 saturated heterocycles. The van der Waals surface area contributed by atoms with E-state index in [0.717, 1.165) is 23.4 Å². The van der Waals surface area contributed by atoms with Crippen molar-refractivity contribution in [2.24, 2.45) is 7.05 Å². The monoisotopic (exact) mass is 278 g/mol. The summed E-state index contributed by atoms with van der Waals surface area (Å²) in [6, 6.07) is 6.59. The van der Waals surface area contributed by atoms with Gasteiger partial charge in [0.25, 0.3) is 0 Å². The lowest BCUT2D eigenvalue weighted by atomic mass is 10.0. The van der Waals surface area contributed by atoms with E-state index in [0.29, 0.717) is 6.42 Å². The molecular weight excluding hydrogens is 259 g/mol. The fourth-order valence-electron chi connectivity index (χ4n) is 2.19. The number of benzene rings is 1. The van der Waals surface area contributed by atoms with Crippen LogP contribution >= 0.6 is 0 Å². The number of aliphatic hydroxyl groups excluding tert-OH is 1. The van der Waals surface area contributed by atoms with Crippen LogP contribution in [0.5, 0.6) is 5.75 Å². The van der Waals surface area contributed by atoms with Gasteiger partial charge in [-0.2, -0.15) is 5.10 Å². The minimum Gasteiger partial charge on any atom is -0.494 e. The molecule has 2 aromatic rings. The van der Waals surface area contributed by atoms with Crippen molar-refractivity contribution < 1.29 is 14.2 Å². The topological polar surface area (TPSA) is 47.3 Å². The van der Waals surface area contributed by atoms with E-state index in [1.807, 2.05) is 13.0 Å². The summed E-state index contributed by atoms with van der Waals surface area (Å²) < 4.78 is 20.2. The summed E-state index contributed by atoms with van der Waals surface area (Å²) in [6.07, 6.45) is 0.446. The van der Waals surface area contributed by atoms with Gasteiger partial charge in [-0.05, 0) is 30.2 Å². The maximum absolute atomic E-state index is 13.6. The predicted molar refractivity (Wildman–Crippen MR) is 74.2 cm³/mol. The molecule has 1 N–H and O–H groups in total. The Balaban J connectivity index is 2.16. The predicted octanol–water partition coefficient (Wildman–Crippen LogP) is 2.41. The van der Waals surface area contributed by atoms with Gasteiger partial charge >= 0.3 is 0 Å². The summed E-state index contributed by atoms with van der Waals surface area (Å²) in [4.78, 5) is 0. The van der Waals surface area contributed by atoms with Crippen LogP contribution in [0, 0.1) is 5.82 Å². The highest BCUT2D eigenvalue weighted by molar-refractivity contribution is 5.30. The third-order valence-corrected chi connectivity index (χ3v) is 3.32. The minimum atomic E-state index is -0.708. The first-order valence-corrected chi connectivity index (χ1v) is 6.58. The Morgan fingerprint density at radius 1 is 1.40 bits per heavy atom. The van der Waals surface area contributed by atoms with E-state index in [1.165, 1.54) is 13.2 Å². The molecule has 1 aromatic carbocycles. The number of hydrogen-bond acceptors (Lipinski definition) is 3. The molecule has 2 rings (SSSR count). The molecule has 20 heavy (non-hydrogen) atoms. The standard InChI is InChI=1S/C15H19FN2O2/c1-4-11-9-13(18(2)17-11)14(19)8-10-5-6-15(20-3)12(16)7-10/h5-7,9,14,19H,4,8H2,1-3H3. The fraction of sp³-hybridized carbons (Fsp3) is 0.400. The maximum Gasteiger partial charge on any atom is 0.165 e. The van der Waals surface area contributed by atoms with Gasteiger partial charge in [0, 0.05) is 13.5 Å². The van der Waals surface area contributed by atoms with Crippen molar-refractivity contribution in [2.45, 2.75) is 25.9 Å². The highest BCUT2D eigenvalue weighted by atomic mass is 19.1. The number of methoxy groups -OCH3 is 1. The van der Waals surface area contributed by atoms with E-state index in [2.05, 4.69) is 5.10 Å². The number of aromatic nitrogens is 2. The molecule has 5 heteroatoms. The van der Waals surface area contributed by atoms with E-state index in [9.17, 15) is 9.50 Å². The molecule has 0 bridgehead atoms. The zero-order valence-electron chi connectivity index (χ0n) is 11.9. The molecule has 1 atom stereocenters. The summed E-state index contributed by atoms with van der Waals surface area (Å²) in [5, 5.41) is 14.6. The number of halogens is 1. The summed E-state index contributed by atoms with van der Waals surface area (Å²) >= 11 is 0. The minimum absolute atomic E-state index is 0.206. The van der Waals surface area contributed by atoms with E-state index in [1.54, 1.807) is 23.9 Å². The Kier molecular flexibility index (Phi) is 4.39. The average molecular weight is 278 g/mol. The highest BCUT2D eigenvalue weighted by Crippen LogP contribution is 2.23. The van der Waals surface area contributed by atoms with Crippen LogP contribution in [0.15, 0.2) is 24.3 Å². The third-order valence-electron chi connectivity index (χ3n) is 3.32. The molecule has 0 aliphatic carbocycles. The average Bonchev–Trinajstić information content (AvgIpc) is 2.80. The summed E-state index contributed by atoms with van der Waals surface area (Å²) in [5.41, 5.74) is 2.38. The first-order valence-electron chi connectivity index (χ1n) is 6.58. The van der Waals surface area contributed by atoms with Crippen LogP contribution in [-0.4, -0.2) is 22.0 Å². The van der Waals surface area contributed by atoms with Gasteiger partial charge in [-0.15, -0.1) is 0 Å². The van der Waals surface area contributed by atoms with Crippen molar-refractivity contribution in [1.82, 2.24) is 9.78 Å². The van der Waals surface area contributed by atoms with Gasteiger partial charge < -0.3 is 9.84 Å². The SMILES string of the molecule is CCc1cc(C(O)Cc2ccc(OC)c(F)c2)n(C)n1. The summed E-state index contributed by atoms with van der Waals surface area (Å²) in [6.45, 7) is 2.01. The Morgan fingerprint density at radius 3 is 2.70 bits per heavy atom. The second kappa shape index (κ2) is 6.05. The van der Waals surface area contributed by atoms with Crippen molar-refractivity contribution in [3.8, 4) is 5.75 Å². The van der Waals surface area contributed by atoms with Gasteiger partial charge in [0.2, 0.25) is 0 Å². The molecule has 1 heterocycles. The second-order valence-electron chi connectivity index (χ2n) is 4.73. The van der Waals surface area contributed by atoms with Gasteiger partial charge in [0.15, 0.2) is 11.6 Å². The molecular formula is C15H19FN2O2. The van der Waals surface area contributed by atoms with Gasteiger partial charge in [-0.1, -0.05) is 13.0 Å². The van der Waals surface area contributed by atoms with Crippen molar-refractivity contribution in [1.29, 1.82) is 0 Å². The Labute approximate surface area is 117 Å². The lowest BCUT2D eigenvalue weighted by Gasteiger charge is -2.11. The smallest absolute Gasteiger partial charge is 0.165 e. The van der Waals surface area contributed by atoms with Crippen LogP contribution in [0.3, 0.4) is 0 Å². The quantitative estimate of drug-likeness (QED) is 0.913. The molecule has 0 spiro atoms. The first-order chi connectivity index (χ1) is 9.55. The molecule has 0 aliphatic heterocycles. The van der Waals surface area contributed by atoms with Crippen LogP contribution in [0.1, 0.15) is 30.0 Å². The van der Waals surface area contributed by atoms with Crippen LogP contribution in [-0.2, 0) is 19.9 Å². The van der Waals surface area contributed by atoms with Gasteiger partial charge in [0.1, 0.15) is 0 Å². The lowest BCUT2D eigenvalue weighted by molar-refractivity contribution is 0.168. The number of rotatable bonds is 5. The normalized spacial score (nSPS) is 12.4. The van der Waals surface area contributed by atoms with Crippen molar-refractivity contribution in [2.75, 3.05) is 7.11 Å². The van der Waals surface area contributed by atoms with Gasteiger partial charge in [-0.3, -0.25) is 4.68 Å². The Hall–Kier alpha value is -1.88. The lowest BCUT2D eigenvalue weighted by Crippen LogP contribution is -2.08. The molecule has 0 fully saturated rings.